The predicted molar refractivity (Wildman–Crippen MR) is 121 cm³/mol. The Morgan fingerprint density at radius 2 is 1.97 bits per heavy atom. The van der Waals surface area contributed by atoms with Crippen LogP contribution in [0, 0.1) is 12.8 Å². The molecule has 7 nitrogen and oxygen atoms in total. The van der Waals surface area contributed by atoms with E-state index in [1.165, 1.54) is 18.5 Å². The van der Waals surface area contributed by atoms with Crippen molar-refractivity contribution in [3.63, 3.8) is 0 Å². The fraction of sp³-hybridized carbons (Fsp3) is 0.522. The van der Waals surface area contributed by atoms with Crippen LogP contribution in [-0.4, -0.2) is 47.7 Å². The Kier molecular flexibility index (Phi) is 5.38. The van der Waals surface area contributed by atoms with Crippen LogP contribution in [0.1, 0.15) is 49.3 Å². The largest absolute Gasteiger partial charge is 0.355 e. The van der Waals surface area contributed by atoms with Gasteiger partial charge in [0, 0.05) is 60.5 Å². The van der Waals surface area contributed by atoms with Crippen LogP contribution in [0.15, 0.2) is 24.3 Å². The van der Waals surface area contributed by atoms with Gasteiger partial charge in [-0.1, -0.05) is 17.7 Å². The predicted octanol–water partition coefficient (Wildman–Crippen LogP) is 3.39. The van der Waals surface area contributed by atoms with Gasteiger partial charge in [0.05, 0.1) is 5.92 Å². The Hall–Kier alpha value is -2.54. The molecule has 164 valence electrons. The Bertz CT molecular complexity index is 994. The highest BCUT2D eigenvalue weighted by Crippen LogP contribution is 2.40. The molecule has 2 N–H and O–H groups in total. The summed E-state index contributed by atoms with van der Waals surface area (Å²) in [4.78, 5) is 29.4. The van der Waals surface area contributed by atoms with Crippen molar-refractivity contribution in [2.24, 2.45) is 5.92 Å². The van der Waals surface area contributed by atoms with Crippen LogP contribution in [0.3, 0.4) is 0 Å². The van der Waals surface area contributed by atoms with E-state index in [-0.39, 0.29) is 30.2 Å². The monoisotopic (exact) mass is 441 g/mol. The Morgan fingerprint density at radius 1 is 1.19 bits per heavy atom. The number of aromatic nitrogens is 2. The number of nitrogens with one attached hydrogen (secondary N) is 2. The number of hydrogen-bond acceptors (Lipinski definition) is 4. The Morgan fingerprint density at radius 3 is 2.71 bits per heavy atom. The second kappa shape index (κ2) is 8.19. The molecule has 3 heterocycles. The molecular weight excluding hydrogens is 414 g/mol. The lowest BCUT2D eigenvalue weighted by molar-refractivity contribution is -0.127. The number of amides is 2. The summed E-state index contributed by atoms with van der Waals surface area (Å²) in [6, 6.07) is 7.83. The molecule has 1 saturated carbocycles. The molecule has 8 heteroatoms. The first-order chi connectivity index (χ1) is 15.0. The second-order valence-electron chi connectivity index (χ2n) is 9.06. The first-order valence-corrected chi connectivity index (χ1v) is 11.5. The van der Waals surface area contributed by atoms with Crippen LogP contribution in [0.25, 0.3) is 0 Å². The summed E-state index contributed by atoms with van der Waals surface area (Å²) in [6.45, 7) is 4.10. The number of carbonyl (C=O) groups is 2. The van der Waals surface area contributed by atoms with Crippen molar-refractivity contribution in [1.82, 2.24) is 15.5 Å². The molecule has 2 amide bonds. The van der Waals surface area contributed by atoms with E-state index in [1.54, 1.807) is 11.0 Å². The van der Waals surface area contributed by atoms with Gasteiger partial charge in [0.1, 0.15) is 0 Å². The van der Waals surface area contributed by atoms with Gasteiger partial charge >= 0.3 is 0 Å². The highest BCUT2D eigenvalue weighted by atomic mass is 35.5. The molecule has 31 heavy (non-hydrogen) atoms. The van der Waals surface area contributed by atoms with Gasteiger partial charge < -0.3 is 15.1 Å². The fourth-order valence-corrected chi connectivity index (χ4v) is 4.82. The van der Waals surface area contributed by atoms with E-state index >= 15 is 0 Å². The zero-order valence-corrected chi connectivity index (χ0v) is 18.5. The van der Waals surface area contributed by atoms with Crippen LogP contribution in [-0.2, 0) is 9.59 Å². The molecule has 1 atom stereocenters. The average molecular weight is 442 g/mol. The van der Waals surface area contributed by atoms with Gasteiger partial charge in [0.15, 0.2) is 5.82 Å². The maximum Gasteiger partial charge on any atom is 0.227 e. The number of aromatic amines is 1. The van der Waals surface area contributed by atoms with Crippen molar-refractivity contribution < 1.29 is 9.59 Å². The molecule has 2 aromatic rings. The summed E-state index contributed by atoms with van der Waals surface area (Å²) >= 11 is 6.12. The standard InChI is InChI=1S/C23H28ClN5O2/c1-14-2-5-17(24)11-20(14)29-13-16(10-22(29)30)23(31)25-18-6-8-28(9-7-18)21-12-19(26-27-21)15-3-4-15/h2,5,11-12,15-16,18H,3-4,6-10,13H2,1H3,(H,25,31)(H,26,27). The summed E-state index contributed by atoms with van der Waals surface area (Å²) in [6.07, 6.45) is 4.53. The number of halogens is 1. The van der Waals surface area contributed by atoms with Gasteiger partial charge in [-0.05, 0) is 50.3 Å². The summed E-state index contributed by atoms with van der Waals surface area (Å²) in [5, 5.41) is 11.4. The third-order valence-electron chi connectivity index (χ3n) is 6.72. The van der Waals surface area contributed by atoms with Gasteiger partial charge in [-0.25, -0.2) is 0 Å². The van der Waals surface area contributed by atoms with Crippen LogP contribution in [0.5, 0.6) is 0 Å². The number of piperidine rings is 1. The maximum atomic E-state index is 12.9. The van der Waals surface area contributed by atoms with Crippen molar-refractivity contribution in [2.45, 2.75) is 51.0 Å². The first-order valence-electron chi connectivity index (χ1n) is 11.1. The minimum atomic E-state index is -0.323. The summed E-state index contributed by atoms with van der Waals surface area (Å²) in [7, 11) is 0. The van der Waals surface area contributed by atoms with Crippen molar-refractivity contribution >= 4 is 34.9 Å². The number of anilines is 2. The topological polar surface area (TPSA) is 81.3 Å². The zero-order valence-electron chi connectivity index (χ0n) is 17.7. The molecule has 1 aliphatic carbocycles. The number of nitrogens with zero attached hydrogens (tertiary/aromatic N) is 3. The van der Waals surface area contributed by atoms with E-state index in [2.05, 4.69) is 26.5 Å². The lowest BCUT2D eigenvalue weighted by atomic mass is 10.0. The number of rotatable bonds is 5. The van der Waals surface area contributed by atoms with Crippen LogP contribution in [0.2, 0.25) is 5.02 Å². The van der Waals surface area contributed by atoms with Crippen LogP contribution >= 0.6 is 11.6 Å². The second-order valence-corrected chi connectivity index (χ2v) is 9.50. The molecule has 2 aliphatic heterocycles. The van der Waals surface area contributed by atoms with Crippen molar-refractivity contribution in [3.8, 4) is 0 Å². The number of hydrogen-bond donors (Lipinski definition) is 2. The molecule has 1 aromatic heterocycles. The van der Waals surface area contributed by atoms with E-state index in [4.69, 9.17) is 11.6 Å². The molecule has 1 aromatic carbocycles. The summed E-state index contributed by atoms with van der Waals surface area (Å²) in [5.74, 6) is 1.31. The van der Waals surface area contributed by atoms with Crippen molar-refractivity contribution in [2.75, 3.05) is 29.4 Å². The fourth-order valence-electron chi connectivity index (χ4n) is 4.65. The molecule has 1 unspecified atom stereocenters. The van der Waals surface area contributed by atoms with E-state index in [0.717, 1.165) is 43.0 Å². The Labute approximate surface area is 187 Å². The molecule has 3 fully saturated rings. The highest BCUT2D eigenvalue weighted by Gasteiger charge is 2.37. The quantitative estimate of drug-likeness (QED) is 0.745. The maximum absolute atomic E-state index is 12.9. The van der Waals surface area contributed by atoms with Gasteiger partial charge in [0.25, 0.3) is 0 Å². The molecule has 0 spiro atoms. The minimum absolute atomic E-state index is 0.0228. The lowest BCUT2D eigenvalue weighted by Crippen LogP contribution is -2.46. The SMILES string of the molecule is Cc1ccc(Cl)cc1N1CC(C(=O)NC2CCN(c3cc(C4CC4)[nH]n3)CC2)CC1=O. The molecule has 0 radical (unpaired) electrons. The van der Waals surface area contributed by atoms with E-state index in [1.807, 2.05) is 19.1 Å². The smallest absolute Gasteiger partial charge is 0.227 e. The minimum Gasteiger partial charge on any atom is -0.355 e. The van der Waals surface area contributed by atoms with E-state index < -0.39 is 0 Å². The summed E-state index contributed by atoms with van der Waals surface area (Å²) < 4.78 is 0. The first kappa shape index (κ1) is 20.4. The lowest BCUT2D eigenvalue weighted by Gasteiger charge is -2.32. The van der Waals surface area contributed by atoms with E-state index in [0.29, 0.717) is 17.5 Å². The van der Waals surface area contributed by atoms with Gasteiger partial charge in [-0.15, -0.1) is 0 Å². The molecule has 5 rings (SSSR count). The van der Waals surface area contributed by atoms with Crippen LogP contribution < -0.4 is 15.1 Å². The zero-order chi connectivity index (χ0) is 21.5. The molecule has 2 saturated heterocycles. The molecule has 0 bridgehead atoms. The van der Waals surface area contributed by atoms with Crippen molar-refractivity contribution in [3.05, 3.63) is 40.5 Å². The number of benzene rings is 1. The van der Waals surface area contributed by atoms with Gasteiger partial charge in [-0.2, -0.15) is 5.10 Å². The van der Waals surface area contributed by atoms with Gasteiger partial charge in [-0.3, -0.25) is 14.7 Å². The number of H-pyrrole nitrogens is 1. The summed E-state index contributed by atoms with van der Waals surface area (Å²) in [5.41, 5.74) is 3.02. The third kappa shape index (κ3) is 4.28. The van der Waals surface area contributed by atoms with Crippen LogP contribution in [0.4, 0.5) is 11.5 Å². The number of carbonyl (C=O) groups excluding carboxylic acids is 2. The van der Waals surface area contributed by atoms with E-state index in [9.17, 15) is 9.59 Å². The number of aryl methyl sites for hydroxylation is 1. The van der Waals surface area contributed by atoms with Crippen molar-refractivity contribution in [1.29, 1.82) is 0 Å². The Balaban J connectivity index is 1.15. The highest BCUT2D eigenvalue weighted by molar-refractivity contribution is 6.31. The average Bonchev–Trinajstić information content (AvgIpc) is 3.36. The normalized spacial score (nSPS) is 22.3. The molecular formula is C23H28ClN5O2. The van der Waals surface area contributed by atoms with Gasteiger partial charge in [0.2, 0.25) is 11.8 Å². The molecule has 3 aliphatic rings. The third-order valence-corrected chi connectivity index (χ3v) is 6.96.